The predicted molar refractivity (Wildman–Crippen MR) is 141 cm³/mol. The van der Waals surface area contributed by atoms with Crippen molar-refractivity contribution in [3.63, 3.8) is 0 Å². The van der Waals surface area contributed by atoms with E-state index < -0.39 is 40.8 Å². The number of hydrogen-bond acceptors (Lipinski definition) is 9. The Morgan fingerprint density at radius 3 is 2.13 bits per heavy atom. The Morgan fingerprint density at radius 2 is 1.42 bits per heavy atom. The lowest BCUT2D eigenvalue weighted by molar-refractivity contribution is -0.140. The molecule has 0 atom stereocenters. The highest BCUT2D eigenvalue weighted by Gasteiger charge is 2.37. The van der Waals surface area contributed by atoms with Crippen molar-refractivity contribution >= 4 is 69.9 Å². The molecule has 0 spiro atoms. The third kappa shape index (κ3) is 6.39. The normalized spacial score (nSPS) is 17.7. The van der Waals surface area contributed by atoms with Crippen molar-refractivity contribution in [1.29, 1.82) is 0 Å². The summed E-state index contributed by atoms with van der Waals surface area (Å²) in [6, 6.07) is 15.5. The Kier molecular flexibility index (Phi) is 8.44. The fourth-order valence-corrected chi connectivity index (χ4v) is 5.25. The Balaban J connectivity index is 1.35. The molecule has 4 rings (SSSR count). The fourth-order valence-electron chi connectivity index (χ4n) is 3.55. The van der Waals surface area contributed by atoms with Gasteiger partial charge >= 0.3 is 11.9 Å². The molecule has 0 radical (unpaired) electrons. The molecule has 0 saturated carbocycles. The lowest BCUT2D eigenvalue weighted by Crippen LogP contribution is -2.33. The lowest BCUT2D eigenvalue weighted by Gasteiger charge is -2.12. The highest BCUT2D eigenvalue weighted by atomic mass is 32.2. The number of ether oxygens (including phenoxy) is 1. The van der Waals surface area contributed by atoms with Gasteiger partial charge in [0.2, 0.25) is 0 Å². The SMILES string of the molecule is O=C(O)CN1C(=O)SC(=Cc2ccccc2OC(=O)CCCN2C(=O)SC(=Cc3ccccc3)C2=O)C1=O. The average Bonchev–Trinajstić information content (AvgIpc) is 3.29. The lowest BCUT2D eigenvalue weighted by atomic mass is 10.2. The molecule has 2 aliphatic heterocycles. The summed E-state index contributed by atoms with van der Waals surface area (Å²) in [6.07, 6.45) is 3.11. The van der Waals surface area contributed by atoms with E-state index in [1.165, 1.54) is 12.1 Å². The number of imide groups is 2. The maximum Gasteiger partial charge on any atom is 0.323 e. The van der Waals surface area contributed by atoms with Crippen molar-refractivity contribution in [3.05, 3.63) is 75.5 Å². The summed E-state index contributed by atoms with van der Waals surface area (Å²) in [5.41, 5.74) is 1.14. The van der Waals surface area contributed by atoms with Crippen molar-refractivity contribution in [1.82, 2.24) is 9.80 Å². The third-order valence-corrected chi connectivity index (χ3v) is 7.14. The smallest absolute Gasteiger partial charge is 0.323 e. The van der Waals surface area contributed by atoms with Crippen LogP contribution in [-0.2, 0) is 19.2 Å². The van der Waals surface area contributed by atoms with Crippen LogP contribution in [0.3, 0.4) is 0 Å². The van der Waals surface area contributed by atoms with E-state index in [0.717, 1.165) is 22.2 Å². The number of thioether (sulfide) groups is 2. The molecule has 0 bridgehead atoms. The molecule has 2 aromatic carbocycles. The molecule has 0 unspecified atom stereocenters. The zero-order valence-corrected chi connectivity index (χ0v) is 21.3. The third-order valence-electron chi connectivity index (χ3n) is 5.33. The van der Waals surface area contributed by atoms with Gasteiger partial charge in [-0.2, -0.15) is 0 Å². The highest BCUT2D eigenvalue weighted by Crippen LogP contribution is 2.34. The Bertz CT molecular complexity index is 1390. The number of carbonyl (C=O) groups excluding carboxylic acids is 5. The van der Waals surface area contributed by atoms with Crippen LogP contribution in [0, 0.1) is 0 Å². The van der Waals surface area contributed by atoms with Gasteiger partial charge < -0.3 is 9.84 Å². The van der Waals surface area contributed by atoms with Gasteiger partial charge in [-0.3, -0.25) is 38.6 Å². The maximum atomic E-state index is 12.6. The Morgan fingerprint density at radius 1 is 0.816 bits per heavy atom. The summed E-state index contributed by atoms with van der Waals surface area (Å²) in [4.78, 5) is 74.8. The molecular formula is C26H20N2O8S2. The standard InChI is InChI=1S/C26H20N2O8S2/c29-21(30)15-28-24(33)20(38-26(28)35)14-17-9-4-5-10-18(17)36-22(31)11-6-12-27-23(32)19(37-25(27)34)13-16-7-2-1-3-8-16/h1-5,7-10,13-14H,6,11-12,15H2,(H,29,30). The first kappa shape index (κ1) is 26.9. The summed E-state index contributed by atoms with van der Waals surface area (Å²) in [5.74, 6) is -2.96. The largest absolute Gasteiger partial charge is 0.480 e. The van der Waals surface area contributed by atoms with Gasteiger partial charge in [-0.25, -0.2) is 0 Å². The van der Waals surface area contributed by atoms with Crippen LogP contribution in [0.2, 0.25) is 0 Å². The number of carboxylic acid groups (broad SMARTS) is 1. The van der Waals surface area contributed by atoms with Gasteiger partial charge in [0.25, 0.3) is 22.3 Å². The van der Waals surface area contributed by atoms with Crippen molar-refractivity contribution in [2.45, 2.75) is 12.8 Å². The van der Waals surface area contributed by atoms with Gasteiger partial charge in [-0.05, 0) is 53.7 Å². The summed E-state index contributed by atoms with van der Waals surface area (Å²) in [7, 11) is 0. The first-order valence-electron chi connectivity index (χ1n) is 11.3. The molecule has 2 saturated heterocycles. The first-order chi connectivity index (χ1) is 18.2. The Labute approximate surface area is 225 Å². The van der Waals surface area contributed by atoms with E-state index in [1.54, 1.807) is 24.3 Å². The molecule has 2 heterocycles. The molecule has 4 amide bonds. The zero-order chi connectivity index (χ0) is 27.2. The van der Waals surface area contributed by atoms with Gasteiger partial charge in [0, 0.05) is 18.5 Å². The summed E-state index contributed by atoms with van der Waals surface area (Å²) in [6.45, 7) is -0.701. The average molecular weight is 553 g/mol. The molecule has 38 heavy (non-hydrogen) atoms. The number of amides is 4. The summed E-state index contributed by atoms with van der Waals surface area (Å²) >= 11 is 1.44. The topological polar surface area (TPSA) is 138 Å². The molecule has 2 aliphatic rings. The number of nitrogens with zero attached hydrogens (tertiary/aromatic N) is 2. The Hall–Kier alpha value is -4.16. The molecule has 194 valence electrons. The predicted octanol–water partition coefficient (Wildman–Crippen LogP) is 4.23. The number of benzene rings is 2. The second kappa shape index (κ2) is 11.9. The van der Waals surface area contributed by atoms with E-state index in [2.05, 4.69) is 0 Å². The summed E-state index contributed by atoms with van der Waals surface area (Å²) < 4.78 is 5.43. The van der Waals surface area contributed by atoms with Crippen molar-refractivity contribution in [2.24, 2.45) is 0 Å². The number of aliphatic carboxylic acids is 1. The molecule has 10 nitrogen and oxygen atoms in total. The van der Waals surface area contributed by atoms with Crippen LogP contribution < -0.4 is 4.74 Å². The van der Waals surface area contributed by atoms with Crippen molar-refractivity contribution in [2.75, 3.05) is 13.1 Å². The van der Waals surface area contributed by atoms with E-state index >= 15 is 0 Å². The highest BCUT2D eigenvalue weighted by molar-refractivity contribution is 8.18. The van der Waals surface area contributed by atoms with Gasteiger partial charge in [0.05, 0.1) is 9.81 Å². The number of hydrogen-bond donors (Lipinski definition) is 1. The van der Waals surface area contributed by atoms with E-state index in [1.807, 2.05) is 30.3 Å². The maximum absolute atomic E-state index is 12.6. The van der Waals surface area contributed by atoms with E-state index in [4.69, 9.17) is 9.84 Å². The first-order valence-corrected chi connectivity index (χ1v) is 12.9. The van der Waals surface area contributed by atoms with Crippen LogP contribution in [0.15, 0.2) is 64.4 Å². The van der Waals surface area contributed by atoms with Crippen LogP contribution in [0.1, 0.15) is 24.0 Å². The molecule has 0 aromatic heterocycles. The van der Waals surface area contributed by atoms with Crippen LogP contribution in [-0.4, -0.2) is 62.2 Å². The molecule has 2 aromatic rings. The van der Waals surface area contributed by atoms with Gasteiger partial charge in [-0.15, -0.1) is 0 Å². The number of carboxylic acids is 1. The van der Waals surface area contributed by atoms with Crippen LogP contribution in [0.5, 0.6) is 5.75 Å². The van der Waals surface area contributed by atoms with Crippen molar-refractivity contribution in [3.8, 4) is 5.75 Å². The second-order valence-electron chi connectivity index (χ2n) is 8.02. The molecule has 1 N–H and O–H groups in total. The minimum Gasteiger partial charge on any atom is -0.480 e. The minimum atomic E-state index is -1.32. The summed E-state index contributed by atoms with van der Waals surface area (Å²) in [5, 5.41) is 7.78. The quantitative estimate of drug-likeness (QED) is 0.273. The molecular weight excluding hydrogens is 532 g/mol. The van der Waals surface area contributed by atoms with Gasteiger partial charge in [0.1, 0.15) is 12.3 Å². The number of rotatable bonds is 9. The minimum absolute atomic E-state index is 0.00247. The van der Waals surface area contributed by atoms with E-state index in [-0.39, 0.29) is 30.0 Å². The van der Waals surface area contributed by atoms with E-state index in [0.29, 0.717) is 27.1 Å². The van der Waals surface area contributed by atoms with E-state index in [9.17, 15) is 28.8 Å². The molecule has 12 heteroatoms. The van der Waals surface area contributed by atoms with Gasteiger partial charge in [0.15, 0.2) is 0 Å². The number of esters is 1. The molecule has 2 fully saturated rings. The van der Waals surface area contributed by atoms with Crippen LogP contribution in [0.25, 0.3) is 12.2 Å². The van der Waals surface area contributed by atoms with Crippen LogP contribution in [0.4, 0.5) is 9.59 Å². The number of carbonyl (C=O) groups is 6. The van der Waals surface area contributed by atoms with Crippen molar-refractivity contribution < 1.29 is 38.6 Å². The zero-order valence-electron chi connectivity index (χ0n) is 19.7. The second-order valence-corrected chi connectivity index (χ2v) is 10.0. The van der Waals surface area contributed by atoms with Crippen LogP contribution >= 0.6 is 23.5 Å². The molecule has 0 aliphatic carbocycles. The monoisotopic (exact) mass is 552 g/mol. The van der Waals surface area contributed by atoms with Gasteiger partial charge in [-0.1, -0.05) is 48.5 Å². The number of para-hydroxylation sites is 1. The fraction of sp³-hybridized carbons (Fsp3) is 0.154.